The van der Waals surface area contributed by atoms with Gasteiger partial charge in [-0.25, -0.2) is 4.98 Å². The average Bonchev–Trinajstić information content (AvgIpc) is 2.76. The monoisotopic (exact) mass is 247 g/mol. The zero-order chi connectivity index (χ0) is 12.7. The first kappa shape index (κ1) is 11.9. The molecule has 1 fully saturated rings. The molecular weight excluding hydrogens is 226 g/mol. The van der Waals surface area contributed by atoms with E-state index in [-0.39, 0.29) is 6.10 Å². The number of pyridine rings is 1. The predicted molar refractivity (Wildman–Crippen MR) is 72.0 cm³/mol. The molecular formula is C14H21N3O. The summed E-state index contributed by atoms with van der Waals surface area (Å²) >= 11 is 0. The van der Waals surface area contributed by atoms with Crippen molar-refractivity contribution in [1.82, 2.24) is 10.3 Å². The maximum Gasteiger partial charge on any atom is 0.132 e. The van der Waals surface area contributed by atoms with Gasteiger partial charge in [0.15, 0.2) is 0 Å². The third kappa shape index (κ3) is 1.80. The smallest absolute Gasteiger partial charge is 0.132 e. The van der Waals surface area contributed by atoms with Crippen LogP contribution in [0.15, 0.2) is 12.1 Å². The van der Waals surface area contributed by atoms with Crippen LogP contribution in [0.5, 0.6) is 0 Å². The van der Waals surface area contributed by atoms with Crippen molar-refractivity contribution in [2.75, 3.05) is 25.1 Å². The lowest BCUT2D eigenvalue weighted by molar-refractivity contribution is 0.116. The number of ether oxygens (including phenoxy) is 1. The number of methoxy groups -OCH3 is 1. The van der Waals surface area contributed by atoms with Gasteiger partial charge in [-0.2, -0.15) is 0 Å². The summed E-state index contributed by atoms with van der Waals surface area (Å²) < 4.78 is 5.37. The third-order valence-corrected chi connectivity index (χ3v) is 4.14. The van der Waals surface area contributed by atoms with Crippen LogP contribution in [0, 0.1) is 0 Å². The maximum absolute atomic E-state index is 5.37. The first-order valence-corrected chi connectivity index (χ1v) is 6.72. The summed E-state index contributed by atoms with van der Waals surface area (Å²) in [5.74, 6) is 1.18. The lowest BCUT2D eigenvalue weighted by Gasteiger charge is -2.37. The number of anilines is 1. The van der Waals surface area contributed by atoms with E-state index in [1.54, 1.807) is 7.11 Å². The molecule has 1 saturated heterocycles. The molecule has 2 aliphatic heterocycles. The summed E-state index contributed by atoms with van der Waals surface area (Å²) in [5.41, 5.74) is 2.41. The minimum Gasteiger partial charge on any atom is -0.375 e. The summed E-state index contributed by atoms with van der Waals surface area (Å²) in [6, 6.07) is 5.41. The van der Waals surface area contributed by atoms with Crippen LogP contribution >= 0.6 is 0 Å². The van der Waals surface area contributed by atoms with Crippen LogP contribution < -0.4 is 10.2 Å². The second-order valence-corrected chi connectivity index (χ2v) is 5.37. The van der Waals surface area contributed by atoms with E-state index >= 15 is 0 Å². The Bertz CT molecular complexity index is 449. The predicted octanol–water partition coefficient (Wildman–Crippen LogP) is 1.51. The van der Waals surface area contributed by atoms with Crippen molar-refractivity contribution in [3.8, 4) is 0 Å². The van der Waals surface area contributed by atoms with Gasteiger partial charge in [0.2, 0.25) is 0 Å². The van der Waals surface area contributed by atoms with Crippen molar-refractivity contribution in [1.29, 1.82) is 0 Å². The normalized spacial score (nSPS) is 27.8. The number of hydrogen-bond donors (Lipinski definition) is 1. The van der Waals surface area contributed by atoms with Gasteiger partial charge < -0.3 is 15.0 Å². The first-order chi connectivity index (χ1) is 8.70. The molecule has 0 aromatic carbocycles. The summed E-state index contributed by atoms with van der Waals surface area (Å²) in [6.07, 6.45) is 1.17. The lowest BCUT2D eigenvalue weighted by atomic mass is 10.1. The van der Waals surface area contributed by atoms with Gasteiger partial charge in [-0.1, -0.05) is 6.07 Å². The number of fused-ring (bicyclic) bond motifs is 3. The molecule has 0 saturated carbocycles. The van der Waals surface area contributed by atoms with E-state index in [0.29, 0.717) is 12.1 Å². The SMILES string of the molecule is COC(C)c1ccc2c(n1)N1[C@@H](CNC[C@H]1C)C2. The van der Waals surface area contributed by atoms with Crippen LogP contribution in [0.4, 0.5) is 5.82 Å². The molecule has 2 aliphatic rings. The van der Waals surface area contributed by atoms with Gasteiger partial charge in [0.1, 0.15) is 5.82 Å². The van der Waals surface area contributed by atoms with Gasteiger partial charge in [-0.3, -0.25) is 0 Å². The summed E-state index contributed by atoms with van der Waals surface area (Å²) in [4.78, 5) is 7.32. The maximum atomic E-state index is 5.37. The van der Waals surface area contributed by atoms with Crippen molar-refractivity contribution < 1.29 is 4.74 Å². The summed E-state index contributed by atoms with van der Waals surface area (Å²) in [6.45, 7) is 6.42. The minimum absolute atomic E-state index is 0.0626. The Hall–Kier alpha value is -1.13. The molecule has 1 unspecified atom stereocenters. The third-order valence-electron chi connectivity index (χ3n) is 4.14. The number of hydrogen-bond acceptors (Lipinski definition) is 4. The molecule has 0 amide bonds. The van der Waals surface area contributed by atoms with Crippen LogP contribution in [0.2, 0.25) is 0 Å². The van der Waals surface area contributed by atoms with Crippen molar-refractivity contribution in [3.63, 3.8) is 0 Å². The number of nitrogens with zero attached hydrogens (tertiary/aromatic N) is 2. The van der Waals surface area contributed by atoms with Crippen molar-refractivity contribution in [2.45, 2.75) is 38.5 Å². The number of piperazine rings is 1. The van der Waals surface area contributed by atoms with Crippen LogP contribution in [-0.4, -0.2) is 37.3 Å². The molecule has 0 spiro atoms. The Kier molecular flexibility index (Phi) is 2.99. The molecule has 1 aromatic heterocycles. The molecule has 0 radical (unpaired) electrons. The highest BCUT2D eigenvalue weighted by Crippen LogP contribution is 2.34. The Morgan fingerprint density at radius 3 is 3.06 bits per heavy atom. The van der Waals surface area contributed by atoms with Gasteiger partial charge in [-0.15, -0.1) is 0 Å². The van der Waals surface area contributed by atoms with Crippen molar-refractivity contribution >= 4 is 5.82 Å². The highest BCUT2D eigenvalue weighted by atomic mass is 16.5. The van der Waals surface area contributed by atoms with Crippen LogP contribution in [0.1, 0.15) is 31.2 Å². The fourth-order valence-corrected chi connectivity index (χ4v) is 3.04. The molecule has 4 heteroatoms. The molecule has 3 heterocycles. The van der Waals surface area contributed by atoms with E-state index in [0.717, 1.165) is 25.2 Å². The van der Waals surface area contributed by atoms with E-state index in [1.807, 2.05) is 6.92 Å². The Balaban J connectivity index is 1.96. The number of nitrogens with one attached hydrogen (secondary N) is 1. The zero-order valence-electron chi connectivity index (χ0n) is 11.3. The molecule has 18 heavy (non-hydrogen) atoms. The molecule has 98 valence electrons. The Labute approximate surface area is 108 Å². The summed E-state index contributed by atoms with van der Waals surface area (Å²) in [7, 11) is 1.73. The lowest BCUT2D eigenvalue weighted by Crippen LogP contribution is -2.55. The van der Waals surface area contributed by atoms with Crippen molar-refractivity contribution in [3.05, 3.63) is 23.4 Å². The average molecular weight is 247 g/mol. The Morgan fingerprint density at radius 1 is 1.44 bits per heavy atom. The quantitative estimate of drug-likeness (QED) is 0.859. The zero-order valence-corrected chi connectivity index (χ0v) is 11.3. The van der Waals surface area contributed by atoms with Crippen LogP contribution in [0.3, 0.4) is 0 Å². The van der Waals surface area contributed by atoms with E-state index in [1.165, 1.54) is 11.4 Å². The van der Waals surface area contributed by atoms with Gasteiger partial charge in [0.25, 0.3) is 0 Å². The second kappa shape index (κ2) is 4.52. The van der Waals surface area contributed by atoms with Gasteiger partial charge in [0, 0.05) is 32.3 Å². The second-order valence-electron chi connectivity index (χ2n) is 5.37. The van der Waals surface area contributed by atoms with E-state index in [4.69, 9.17) is 9.72 Å². The fraction of sp³-hybridized carbons (Fsp3) is 0.643. The van der Waals surface area contributed by atoms with Crippen LogP contribution in [0.25, 0.3) is 0 Å². The standard InChI is InChI=1S/C14H21N3O/c1-9-7-15-8-12-6-11-4-5-13(10(2)18-3)16-14(11)17(9)12/h4-5,9-10,12,15H,6-8H2,1-3H3/t9-,10?,12-/m1/s1. The summed E-state index contributed by atoms with van der Waals surface area (Å²) in [5, 5.41) is 3.50. The van der Waals surface area contributed by atoms with Gasteiger partial charge >= 0.3 is 0 Å². The highest BCUT2D eigenvalue weighted by Gasteiger charge is 2.36. The van der Waals surface area contributed by atoms with Crippen molar-refractivity contribution in [2.24, 2.45) is 0 Å². The highest BCUT2D eigenvalue weighted by molar-refractivity contribution is 5.56. The van der Waals surface area contributed by atoms with E-state index in [2.05, 4.69) is 29.3 Å². The topological polar surface area (TPSA) is 37.4 Å². The van der Waals surface area contributed by atoms with E-state index < -0.39 is 0 Å². The minimum atomic E-state index is 0.0626. The number of rotatable bonds is 2. The van der Waals surface area contributed by atoms with Gasteiger partial charge in [-0.05, 0) is 31.9 Å². The molecule has 1 aromatic rings. The molecule has 1 N–H and O–H groups in total. The Morgan fingerprint density at radius 2 is 2.28 bits per heavy atom. The molecule has 3 atom stereocenters. The van der Waals surface area contributed by atoms with Crippen LogP contribution in [-0.2, 0) is 11.2 Å². The molecule has 0 bridgehead atoms. The molecule has 0 aliphatic carbocycles. The molecule has 4 nitrogen and oxygen atoms in total. The van der Waals surface area contributed by atoms with E-state index in [9.17, 15) is 0 Å². The van der Waals surface area contributed by atoms with Gasteiger partial charge in [0.05, 0.1) is 11.8 Å². The largest absolute Gasteiger partial charge is 0.375 e. The fourth-order valence-electron chi connectivity index (χ4n) is 3.04. The first-order valence-electron chi connectivity index (χ1n) is 6.72. The number of aromatic nitrogens is 1. The molecule has 3 rings (SSSR count).